The highest BCUT2D eigenvalue weighted by atomic mass is 16.7. The number of benzene rings is 2. The maximum atomic E-state index is 12.3. The Morgan fingerprint density at radius 1 is 1.00 bits per heavy atom. The van der Waals surface area contributed by atoms with Crippen LogP contribution < -0.4 is 0 Å². The van der Waals surface area contributed by atoms with Crippen molar-refractivity contribution in [1.82, 2.24) is 5.06 Å². The van der Waals surface area contributed by atoms with Crippen LogP contribution >= 0.6 is 0 Å². The zero-order valence-electron chi connectivity index (χ0n) is 13.4. The van der Waals surface area contributed by atoms with Crippen LogP contribution in [0, 0.1) is 28.6 Å². The molecule has 1 heterocycles. The molecule has 0 bridgehead atoms. The van der Waals surface area contributed by atoms with E-state index in [0.29, 0.717) is 16.2 Å². The number of imide groups is 1. The molecule has 7 heteroatoms. The van der Waals surface area contributed by atoms with Crippen molar-refractivity contribution in [2.24, 2.45) is 5.92 Å². The summed E-state index contributed by atoms with van der Waals surface area (Å²) in [6, 6.07) is 16.3. The summed E-state index contributed by atoms with van der Waals surface area (Å²) in [5.41, 5.74) is 1.39. The minimum absolute atomic E-state index is 0.0320. The predicted octanol–water partition coefficient (Wildman–Crippen LogP) is 1.99. The molecule has 0 radical (unpaired) electrons. The van der Waals surface area contributed by atoms with Crippen LogP contribution in [-0.2, 0) is 16.1 Å². The zero-order valence-corrected chi connectivity index (χ0v) is 13.4. The molecule has 0 spiro atoms. The van der Waals surface area contributed by atoms with Crippen molar-refractivity contribution in [3.63, 3.8) is 0 Å². The highest BCUT2D eigenvalue weighted by molar-refractivity contribution is 6.20. The molecular formula is C19H11N3O4. The van der Waals surface area contributed by atoms with Crippen molar-refractivity contribution in [2.45, 2.75) is 6.42 Å². The molecule has 126 valence electrons. The van der Waals surface area contributed by atoms with Gasteiger partial charge in [-0.1, -0.05) is 29.3 Å². The number of hydrogen-bond acceptors (Lipinski definition) is 6. The lowest BCUT2D eigenvalue weighted by Gasteiger charge is -2.15. The Kier molecular flexibility index (Phi) is 4.46. The van der Waals surface area contributed by atoms with Gasteiger partial charge in [0.25, 0.3) is 11.8 Å². The fourth-order valence-electron chi connectivity index (χ4n) is 2.54. The van der Waals surface area contributed by atoms with E-state index < -0.39 is 23.7 Å². The van der Waals surface area contributed by atoms with Crippen LogP contribution in [0.4, 0.5) is 0 Å². The lowest BCUT2D eigenvalue weighted by molar-refractivity contribution is -0.171. The van der Waals surface area contributed by atoms with Crippen molar-refractivity contribution in [1.29, 1.82) is 10.5 Å². The number of nitrogens with zero attached hydrogens (tertiary/aromatic N) is 3. The van der Waals surface area contributed by atoms with Gasteiger partial charge < -0.3 is 4.84 Å². The summed E-state index contributed by atoms with van der Waals surface area (Å²) in [7, 11) is 0. The van der Waals surface area contributed by atoms with Crippen molar-refractivity contribution in [3.05, 3.63) is 70.8 Å². The van der Waals surface area contributed by atoms with Gasteiger partial charge in [-0.15, -0.1) is 0 Å². The molecule has 1 atom stereocenters. The first kappa shape index (κ1) is 16.9. The van der Waals surface area contributed by atoms with Crippen LogP contribution in [0.15, 0.2) is 48.5 Å². The third-order valence-corrected chi connectivity index (χ3v) is 3.90. The molecule has 0 saturated carbocycles. The molecule has 0 saturated heterocycles. The van der Waals surface area contributed by atoms with Crippen LogP contribution in [0.3, 0.4) is 0 Å². The first-order valence-electron chi connectivity index (χ1n) is 7.63. The molecule has 1 aliphatic rings. The van der Waals surface area contributed by atoms with Gasteiger partial charge in [-0.3, -0.25) is 9.59 Å². The van der Waals surface area contributed by atoms with E-state index in [0.717, 1.165) is 0 Å². The predicted molar refractivity (Wildman–Crippen MR) is 87.0 cm³/mol. The SMILES string of the molecule is N#Cc1ccc(CC(C#N)C(=O)ON2C(=O)c3ccccc3C2=O)cc1. The molecule has 1 unspecified atom stereocenters. The zero-order chi connectivity index (χ0) is 18.7. The van der Waals surface area contributed by atoms with Gasteiger partial charge in [0.15, 0.2) is 5.92 Å². The highest BCUT2D eigenvalue weighted by Gasteiger charge is 2.39. The van der Waals surface area contributed by atoms with Crippen LogP contribution in [0.5, 0.6) is 0 Å². The molecule has 2 aromatic carbocycles. The summed E-state index contributed by atoms with van der Waals surface area (Å²) >= 11 is 0. The number of carbonyl (C=O) groups is 3. The van der Waals surface area contributed by atoms with Gasteiger partial charge >= 0.3 is 5.97 Å². The van der Waals surface area contributed by atoms with Crippen molar-refractivity contribution in [3.8, 4) is 12.1 Å². The maximum Gasteiger partial charge on any atom is 0.350 e. The van der Waals surface area contributed by atoms with Gasteiger partial charge in [0.2, 0.25) is 0 Å². The Hall–Kier alpha value is -3.97. The quantitative estimate of drug-likeness (QED) is 0.784. The average molecular weight is 345 g/mol. The molecule has 2 amide bonds. The molecule has 0 aromatic heterocycles. The Morgan fingerprint density at radius 3 is 2.08 bits per heavy atom. The van der Waals surface area contributed by atoms with Gasteiger partial charge in [-0.2, -0.15) is 10.5 Å². The molecule has 3 rings (SSSR count). The number of rotatable bonds is 4. The lowest BCUT2D eigenvalue weighted by Crippen LogP contribution is -2.35. The molecule has 7 nitrogen and oxygen atoms in total. The second-order valence-corrected chi connectivity index (χ2v) is 5.56. The summed E-state index contributed by atoms with van der Waals surface area (Å²) < 4.78 is 0. The monoisotopic (exact) mass is 345 g/mol. The van der Waals surface area contributed by atoms with Gasteiger partial charge in [0.05, 0.1) is 28.8 Å². The van der Waals surface area contributed by atoms with Gasteiger partial charge in [0.1, 0.15) is 0 Å². The molecule has 2 aromatic rings. The molecular weight excluding hydrogens is 334 g/mol. The fourth-order valence-corrected chi connectivity index (χ4v) is 2.54. The first-order chi connectivity index (χ1) is 12.5. The minimum Gasteiger partial charge on any atom is -0.328 e. The van der Waals surface area contributed by atoms with E-state index in [1.54, 1.807) is 36.4 Å². The number of amides is 2. The second-order valence-electron chi connectivity index (χ2n) is 5.56. The topological polar surface area (TPSA) is 111 Å². The van der Waals surface area contributed by atoms with E-state index in [4.69, 9.17) is 10.1 Å². The van der Waals surface area contributed by atoms with Crippen LogP contribution in [-0.4, -0.2) is 22.8 Å². The van der Waals surface area contributed by atoms with Gasteiger partial charge in [-0.25, -0.2) is 4.79 Å². The molecule has 1 aliphatic heterocycles. The van der Waals surface area contributed by atoms with Crippen LogP contribution in [0.25, 0.3) is 0 Å². The normalized spacial score (nSPS) is 13.5. The summed E-state index contributed by atoms with van der Waals surface area (Å²) in [5.74, 6) is -3.68. The first-order valence-corrected chi connectivity index (χ1v) is 7.63. The number of nitriles is 2. The highest BCUT2D eigenvalue weighted by Crippen LogP contribution is 2.23. The van der Waals surface area contributed by atoms with Crippen LogP contribution in [0.1, 0.15) is 31.8 Å². The molecule has 0 N–H and O–H groups in total. The number of hydroxylamine groups is 2. The number of fused-ring (bicyclic) bond motifs is 1. The summed E-state index contributed by atoms with van der Waals surface area (Å²) in [6.07, 6.45) is 0.0320. The van der Waals surface area contributed by atoms with Crippen molar-refractivity contribution < 1.29 is 19.2 Å². The summed E-state index contributed by atoms with van der Waals surface area (Å²) in [4.78, 5) is 41.6. The van der Waals surface area contributed by atoms with E-state index in [9.17, 15) is 19.6 Å². The van der Waals surface area contributed by atoms with E-state index in [1.807, 2.05) is 12.1 Å². The Bertz CT molecular complexity index is 948. The second kappa shape index (κ2) is 6.88. The third kappa shape index (κ3) is 3.02. The molecule has 26 heavy (non-hydrogen) atoms. The van der Waals surface area contributed by atoms with Crippen molar-refractivity contribution >= 4 is 17.8 Å². The summed E-state index contributed by atoms with van der Waals surface area (Å²) in [5, 5.41) is 18.4. The third-order valence-electron chi connectivity index (χ3n) is 3.90. The van der Waals surface area contributed by atoms with E-state index in [2.05, 4.69) is 0 Å². The van der Waals surface area contributed by atoms with E-state index in [-0.39, 0.29) is 17.5 Å². The molecule has 0 fully saturated rings. The number of carbonyl (C=O) groups excluding carboxylic acids is 3. The van der Waals surface area contributed by atoms with Gasteiger partial charge in [0, 0.05) is 0 Å². The average Bonchev–Trinajstić information content (AvgIpc) is 2.91. The maximum absolute atomic E-state index is 12.3. The smallest absolute Gasteiger partial charge is 0.328 e. The Balaban J connectivity index is 1.72. The van der Waals surface area contributed by atoms with Crippen molar-refractivity contribution in [2.75, 3.05) is 0 Å². The molecule has 0 aliphatic carbocycles. The fraction of sp³-hybridized carbons (Fsp3) is 0.105. The van der Waals surface area contributed by atoms with Gasteiger partial charge in [-0.05, 0) is 36.2 Å². The Labute approximate surface area is 148 Å². The Morgan fingerprint density at radius 2 is 1.58 bits per heavy atom. The standard InChI is InChI=1S/C19H11N3O4/c20-10-13-7-5-12(6-8-13)9-14(11-21)19(25)26-22-17(23)15-3-1-2-4-16(15)18(22)24/h1-8,14H,9H2. The lowest BCUT2D eigenvalue weighted by atomic mass is 10.00. The van der Waals surface area contributed by atoms with Crippen LogP contribution in [0.2, 0.25) is 0 Å². The van der Waals surface area contributed by atoms with E-state index in [1.165, 1.54) is 12.1 Å². The largest absolute Gasteiger partial charge is 0.350 e. The number of hydrogen-bond donors (Lipinski definition) is 0. The summed E-state index contributed by atoms with van der Waals surface area (Å²) in [6.45, 7) is 0. The van der Waals surface area contributed by atoms with E-state index >= 15 is 0 Å². The minimum atomic E-state index is -1.20.